The number of aryl methyl sites for hydroxylation is 1. The van der Waals surface area contributed by atoms with Gasteiger partial charge in [-0.25, -0.2) is 4.98 Å². The van der Waals surface area contributed by atoms with Gasteiger partial charge in [-0.2, -0.15) is 27.1 Å². The Labute approximate surface area is 231 Å². The van der Waals surface area contributed by atoms with Crippen molar-refractivity contribution in [2.75, 3.05) is 12.4 Å². The number of thiocarbonyl (C=S) groups is 1. The van der Waals surface area contributed by atoms with E-state index >= 15 is 0 Å². The van der Waals surface area contributed by atoms with Crippen LogP contribution in [-0.2, 0) is 0 Å². The second kappa shape index (κ2) is 11.7. The maximum atomic E-state index is 13.1. The Morgan fingerprint density at radius 2 is 1.60 bits per heavy atom. The Hall–Kier alpha value is -4.52. The second-order valence-corrected chi connectivity index (χ2v) is 8.82. The summed E-state index contributed by atoms with van der Waals surface area (Å²) in [4.78, 5) is 7.41. The number of halogens is 5. The van der Waals surface area contributed by atoms with E-state index in [0.717, 1.165) is 40.3 Å². The van der Waals surface area contributed by atoms with Gasteiger partial charge in [-0.05, 0) is 78.3 Å². The number of hydrazone groups is 1. The highest BCUT2D eigenvalue weighted by Crippen LogP contribution is 2.37. The van der Waals surface area contributed by atoms with E-state index in [1.807, 2.05) is 49.4 Å². The fraction of sp³-hybridized carbons (Fsp3) is 0.148. The molecule has 40 heavy (non-hydrogen) atoms. The lowest BCUT2D eigenvalue weighted by Crippen LogP contribution is -2.41. The Balaban J connectivity index is 1.34. The molecule has 13 heteroatoms. The molecule has 3 aromatic carbocycles. The topological polar surface area (TPSA) is 83.6 Å². The molecule has 0 saturated carbocycles. The van der Waals surface area contributed by atoms with Crippen LogP contribution in [-0.4, -0.2) is 40.7 Å². The third-order valence-corrected chi connectivity index (χ3v) is 5.76. The zero-order chi connectivity index (χ0) is 28.9. The van der Waals surface area contributed by atoms with Crippen LogP contribution >= 0.6 is 12.2 Å². The quantitative estimate of drug-likeness (QED) is 0.0916. The standard InChI is InChI=1S/C27H22F5N5O2S/c1-16-13-21(38-2)11-12-22(16)36-25(40)37-34-14-17-3-5-19(6-4-17)24-33-15-23(35-24)18-7-9-20(10-8-18)39-27(31,32)26(28,29)30/h3-15H,1-2H3,(H,33,35)(H2,36,37,40)/b34-14-. The molecule has 1 aromatic heterocycles. The van der Waals surface area contributed by atoms with E-state index in [9.17, 15) is 22.0 Å². The number of benzene rings is 3. The molecule has 0 amide bonds. The Bertz CT molecular complexity index is 1500. The van der Waals surface area contributed by atoms with E-state index in [-0.39, 0.29) is 0 Å². The maximum Gasteiger partial charge on any atom is 0.499 e. The number of alkyl halides is 5. The number of rotatable bonds is 8. The number of H-pyrrole nitrogens is 1. The third kappa shape index (κ3) is 6.91. The van der Waals surface area contributed by atoms with Crippen molar-refractivity contribution in [1.29, 1.82) is 0 Å². The number of nitrogens with zero attached hydrogens (tertiary/aromatic N) is 2. The summed E-state index contributed by atoms with van der Waals surface area (Å²) in [6.45, 7) is 1.93. The van der Waals surface area contributed by atoms with Gasteiger partial charge in [0, 0.05) is 11.3 Å². The summed E-state index contributed by atoms with van der Waals surface area (Å²) in [7, 11) is 1.60. The van der Waals surface area contributed by atoms with Gasteiger partial charge in [0.15, 0.2) is 5.11 Å². The van der Waals surface area contributed by atoms with E-state index in [2.05, 4.69) is 30.5 Å². The molecule has 4 rings (SSSR count). The number of ether oxygens (including phenoxy) is 2. The van der Waals surface area contributed by atoms with Gasteiger partial charge in [0.2, 0.25) is 0 Å². The van der Waals surface area contributed by atoms with Gasteiger partial charge < -0.3 is 19.8 Å². The number of nitrogens with one attached hydrogen (secondary N) is 3. The summed E-state index contributed by atoms with van der Waals surface area (Å²) in [6.07, 6.45) is -7.99. The zero-order valence-corrected chi connectivity index (χ0v) is 21.8. The molecule has 0 aliphatic carbocycles. The highest BCUT2D eigenvalue weighted by molar-refractivity contribution is 7.80. The molecule has 208 valence electrons. The van der Waals surface area contributed by atoms with Crippen molar-refractivity contribution in [1.82, 2.24) is 15.4 Å². The lowest BCUT2D eigenvalue weighted by Gasteiger charge is -2.20. The Morgan fingerprint density at radius 3 is 2.23 bits per heavy atom. The molecule has 0 spiro atoms. The van der Waals surface area contributed by atoms with Crippen molar-refractivity contribution in [2.24, 2.45) is 5.10 Å². The van der Waals surface area contributed by atoms with Crippen molar-refractivity contribution in [3.05, 3.63) is 84.1 Å². The van der Waals surface area contributed by atoms with Gasteiger partial charge in [-0.1, -0.05) is 24.3 Å². The van der Waals surface area contributed by atoms with E-state index in [0.29, 0.717) is 22.2 Å². The molecule has 0 bridgehead atoms. The summed E-state index contributed by atoms with van der Waals surface area (Å²) >= 11 is 5.28. The average molecular weight is 576 g/mol. The van der Waals surface area contributed by atoms with Crippen LogP contribution in [0, 0.1) is 6.92 Å². The zero-order valence-electron chi connectivity index (χ0n) is 21.0. The van der Waals surface area contributed by atoms with Crippen LogP contribution in [0.2, 0.25) is 0 Å². The van der Waals surface area contributed by atoms with Crippen LogP contribution in [0.4, 0.5) is 27.6 Å². The fourth-order valence-electron chi connectivity index (χ4n) is 3.47. The Morgan fingerprint density at radius 1 is 0.950 bits per heavy atom. The molecule has 0 saturated heterocycles. The smallest absolute Gasteiger partial charge is 0.497 e. The average Bonchev–Trinajstić information content (AvgIpc) is 3.40. The normalized spacial score (nSPS) is 11.9. The fourth-order valence-corrected chi connectivity index (χ4v) is 3.63. The molecule has 0 atom stereocenters. The van der Waals surface area contributed by atoms with Crippen molar-refractivity contribution in [3.8, 4) is 34.1 Å². The van der Waals surface area contributed by atoms with Crippen LogP contribution in [0.1, 0.15) is 11.1 Å². The third-order valence-electron chi connectivity index (χ3n) is 5.56. The summed E-state index contributed by atoms with van der Waals surface area (Å²) in [5.74, 6) is 0.654. The van der Waals surface area contributed by atoms with Gasteiger partial charge in [-0.15, -0.1) is 0 Å². The predicted octanol–water partition coefficient (Wildman–Crippen LogP) is 6.92. The molecule has 0 fully saturated rings. The second-order valence-electron chi connectivity index (χ2n) is 8.41. The summed E-state index contributed by atoms with van der Waals surface area (Å²) in [5, 5.41) is 7.53. The minimum atomic E-state index is -5.82. The van der Waals surface area contributed by atoms with Crippen molar-refractivity contribution < 1.29 is 31.4 Å². The number of methoxy groups -OCH3 is 1. The first-order valence-corrected chi connectivity index (χ1v) is 12.0. The SMILES string of the molecule is COc1ccc(NC(=S)N/N=C\c2ccc(-c3ncc(-c4ccc(OC(F)(F)C(F)(F)F)cc4)[nH]3)cc2)c(C)c1. The van der Waals surface area contributed by atoms with Gasteiger partial charge in [-0.3, -0.25) is 5.43 Å². The maximum absolute atomic E-state index is 13.1. The van der Waals surface area contributed by atoms with Crippen molar-refractivity contribution in [2.45, 2.75) is 19.2 Å². The summed E-state index contributed by atoms with van der Waals surface area (Å²) < 4.78 is 72.2. The van der Waals surface area contributed by atoms with Crippen LogP contribution in [0.3, 0.4) is 0 Å². The minimum Gasteiger partial charge on any atom is -0.497 e. The van der Waals surface area contributed by atoms with Crippen LogP contribution < -0.4 is 20.2 Å². The first-order chi connectivity index (χ1) is 18.9. The highest BCUT2D eigenvalue weighted by Gasteiger charge is 2.61. The van der Waals surface area contributed by atoms with Gasteiger partial charge in [0.1, 0.15) is 17.3 Å². The highest BCUT2D eigenvalue weighted by atomic mass is 32.1. The lowest BCUT2D eigenvalue weighted by molar-refractivity contribution is -0.360. The van der Waals surface area contributed by atoms with Crippen LogP contribution in [0.15, 0.2) is 78.0 Å². The largest absolute Gasteiger partial charge is 0.499 e. The van der Waals surface area contributed by atoms with Gasteiger partial charge in [0.05, 0.1) is 25.2 Å². The number of hydrogen-bond donors (Lipinski definition) is 3. The van der Waals surface area contributed by atoms with E-state index in [4.69, 9.17) is 17.0 Å². The molecule has 4 aromatic rings. The minimum absolute atomic E-state index is 0.318. The number of aromatic nitrogens is 2. The molecule has 1 heterocycles. The molecule has 0 radical (unpaired) electrons. The molecule has 7 nitrogen and oxygen atoms in total. The molecule has 3 N–H and O–H groups in total. The number of anilines is 1. The molecule has 0 aliphatic heterocycles. The number of imidazole rings is 1. The van der Waals surface area contributed by atoms with E-state index < -0.39 is 18.0 Å². The van der Waals surface area contributed by atoms with Gasteiger partial charge in [0.25, 0.3) is 0 Å². The monoisotopic (exact) mass is 575 g/mol. The molecule has 0 aliphatic rings. The van der Waals surface area contributed by atoms with E-state index in [1.54, 1.807) is 13.3 Å². The van der Waals surface area contributed by atoms with Gasteiger partial charge >= 0.3 is 12.3 Å². The van der Waals surface area contributed by atoms with Crippen LogP contribution in [0.25, 0.3) is 22.6 Å². The van der Waals surface area contributed by atoms with Crippen molar-refractivity contribution in [3.63, 3.8) is 0 Å². The molecule has 0 unspecified atom stereocenters. The van der Waals surface area contributed by atoms with Crippen LogP contribution in [0.5, 0.6) is 11.5 Å². The lowest BCUT2D eigenvalue weighted by atomic mass is 10.1. The van der Waals surface area contributed by atoms with E-state index in [1.165, 1.54) is 18.3 Å². The predicted molar refractivity (Wildman–Crippen MR) is 146 cm³/mol. The summed E-state index contributed by atoms with van der Waals surface area (Å²) in [6, 6.07) is 17.6. The first kappa shape index (κ1) is 28.5. The summed E-state index contributed by atoms with van der Waals surface area (Å²) in [5.41, 5.74) is 7.14. The Kier molecular flexibility index (Phi) is 8.33. The molecular weight excluding hydrogens is 553 g/mol. The number of aromatic amines is 1. The van der Waals surface area contributed by atoms with Crippen molar-refractivity contribution >= 4 is 29.2 Å². The molecular formula is C27H22F5N5O2S. The number of hydrogen-bond acceptors (Lipinski definition) is 5. The first-order valence-electron chi connectivity index (χ1n) is 11.6.